The summed E-state index contributed by atoms with van der Waals surface area (Å²) in [4.78, 5) is 17.5. The Balaban J connectivity index is 1.63. The number of nitrogens with zero attached hydrogens (tertiary/aromatic N) is 2. The number of likely N-dealkylation sites (tertiary alicyclic amines) is 2. The van der Waals surface area contributed by atoms with Gasteiger partial charge in [-0.2, -0.15) is 0 Å². The van der Waals surface area contributed by atoms with E-state index in [1.807, 2.05) is 0 Å². The predicted octanol–water partition coefficient (Wildman–Crippen LogP) is 3.96. The van der Waals surface area contributed by atoms with Crippen molar-refractivity contribution in [3.63, 3.8) is 0 Å². The maximum Gasteiger partial charge on any atom is 0.320 e. The van der Waals surface area contributed by atoms with Crippen LogP contribution in [-0.4, -0.2) is 41.0 Å². The third-order valence-electron chi connectivity index (χ3n) is 6.27. The smallest absolute Gasteiger partial charge is 0.320 e. The molecule has 3 unspecified atom stereocenters. The monoisotopic (exact) mass is 312 g/mol. The molecule has 2 fully saturated rings. The van der Waals surface area contributed by atoms with Crippen molar-refractivity contribution in [1.82, 2.24) is 9.80 Å². The lowest BCUT2D eigenvalue weighted by Crippen LogP contribution is -2.61. The summed E-state index contributed by atoms with van der Waals surface area (Å²) in [6.45, 7) is 6.54. The molecule has 0 radical (unpaired) electrons. The number of amides is 2. The van der Waals surface area contributed by atoms with Crippen molar-refractivity contribution in [2.45, 2.75) is 69.9 Å². The first kappa shape index (κ1) is 15.0. The summed E-state index contributed by atoms with van der Waals surface area (Å²) in [5, 5.41) is 0. The van der Waals surface area contributed by atoms with Crippen molar-refractivity contribution in [3.05, 3.63) is 35.4 Å². The summed E-state index contributed by atoms with van der Waals surface area (Å²) in [5.41, 5.74) is 3.21. The van der Waals surface area contributed by atoms with E-state index in [4.69, 9.17) is 0 Å². The molecule has 0 aromatic heterocycles. The van der Waals surface area contributed by atoms with Crippen LogP contribution in [0.2, 0.25) is 0 Å². The normalized spacial score (nSPS) is 33.3. The molecule has 3 nitrogen and oxygen atoms in total. The number of rotatable bonds is 0. The van der Waals surface area contributed by atoms with Crippen LogP contribution in [0.3, 0.4) is 0 Å². The SMILES string of the molecule is CC1CC2(C)CC(Cc3ccccc32)N1C(=O)N1CCCCC1. The molecule has 2 heterocycles. The Morgan fingerprint density at radius 3 is 2.65 bits per heavy atom. The van der Waals surface area contributed by atoms with E-state index in [9.17, 15) is 4.79 Å². The molecule has 2 aliphatic heterocycles. The number of fused-ring (bicyclic) bond motifs is 4. The molecular formula is C20H28N2O. The lowest BCUT2D eigenvalue weighted by molar-refractivity contribution is 0.0465. The maximum atomic E-state index is 13.1. The highest BCUT2D eigenvalue weighted by molar-refractivity contribution is 5.76. The Kier molecular flexibility index (Phi) is 3.62. The van der Waals surface area contributed by atoms with E-state index in [0.717, 1.165) is 32.4 Å². The third-order valence-corrected chi connectivity index (χ3v) is 6.27. The molecule has 3 aliphatic rings. The molecule has 2 saturated heterocycles. The van der Waals surface area contributed by atoms with Crippen LogP contribution in [0.5, 0.6) is 0 Å². The molecule has 4 rings (SSSR count). The quantitative estimate of drug-likeness (QED) is 0.711. The van der Waals surface area contributed by atoms with Crippen LogP contribution in [0.15, 0.2) is 24.3 Å². The highest BCUT2D eigenvalue weighted by Crippen LogP contribution is 2.47. The zero-order valence-electron chi connectivity index (χ0n) is 14.4. The molecule has 23 heavy (non-hydrogen) atoms. The minimum absolute atomic E-state index is 0.234. The summed E-state index contributed by atoms with van der Waals surface area (Å²) in [6.07, 6.45) is 6.83. The highest BCUT2D eigenvalue weighted by atomic mass is 16.2. The molecule has 1 aromatic rings. The highest BCUT2D eigenvalue weighted by Gasteiger charge is 2.47. The zero-order valence-corrected chi connectivity index (χ0v) is 14.4. The molecule has 124 valence electrons. The van der Waals surface area contributed by atoms with Gasteiger partial charge in [0.15, 0.2) is 0 Å². The van der Waals surface area contributed by atoms with Gasteiger partial charge in [-0.25, -0.2) is 4.79 Å². The maximum absolute atomic E-state index is 13.1. The largest absolute Gasteiger partial charge is 0.325 e. The van der Waals surface area contributed by atoms with Gasteiger partial charge in [0.05, 0.1) is 0 Å². The average molecular weight is 312 g/mol. The Morgan fingerprint density at radius 2 is 1.87 bits per heavy atom. The number of piperidine rings is 2. The summed E-state index contributed by atoms with van der Waals surface area (Å²) < 4.78 is 0. The topological polar surface area (TPSA) is 23.6 Å². The van der Waals surface area contributed by atoms with Gasteiger partial charge in [-0.05, 0) is 62.0 Å². The molecule has 1 aromatic carbocycles. The van der Waals surface area contributed by atoms with Crippen molar-refractivity contribution < 1.29 is 4.79 Å². The van der Waals surface area contributed by atoms with Gasteiger partial charge in [-0.15, -0.1) is 0 Å². The number of urea groups is 1. The fraction of sp³-hybridized carbons (Fsp3) is 0.650. The lowest BCUT2D eigenvalue weighted by atomic mass is 9.63. The van der Waals surface area contributed by atoms with E-state index >= 15 is 0 Å². The van der Waals surface area contributed by atoms with E-state index in [-0.39, 0.29) is 5.41 Å². The zero-order chi connectivity index (χ0) is 16.0. The average Bonchev–Trinajstić information content (AvgIpc) is 2.55. The van der Waals surface area contributed by atoms with E-state index in [1.54, 1.807) is 0 Å². The summed E-state index contributed by atoms with van der Waals surface area (Å²) in [7, 11) is 0. The molecular weight excluding hydrogens is 284 g/mol. The Hall–Kier alpha value is -1.51. The van der Waals surface area contributed by atoms with Crippen LogP contribution in [0.1, 0.15) is 57.1 Å². The first-order chi connectivity index (χ1) is 11.1. The molecule has 0 spiro atoms. The van der Waals surface area contributed by atoms with E-state index in [2.05, 4.69) is 47.9 Å². The minimum atomic E-state index is 0.234. The van der Waals surface area contributed by atoms with Crippen LogP contribution in [0.4, 0.5) is 4.79 Å². The first-order valence-corrected chi connectivity index (χ1v) is 9.24. The van der Waals surface area contributed by atoms with Crippen LogP contribution in [0.25, 0.3) is 0 Å². The Morgan fingerprint density at radius 1 is 1.13 bits per heavy atom. The second-order valence-corrected chi connectivity index (χ2v) is 8.07. The number of hydrogen-bond donors (Lipinski definition) is 0. The van der Waals surface area contributed by atoms with Gasteiger partial charge in [0.2, 0.25) is 0 Å². The van der Waals surface area contributed by atoms with Crippen LogP contribution >= 0.6 is 0 Å². The van der Waals surface area contributed by atoms with E-state index < -0.39 is 0 Å². The van der Waals surface area contributed by atoms with Crippen molar-refractivity contribution in [3.8, 4) is 0 Å². The Labute approximate surface area is 139 Å². The first-order valence-electron chi connectivity index (χ1n) is 9.24. The van der Waals surface area contributed by atoms with Gasteiger partial charge >= 0.3 is 6.03 Å². The number of benzene rings is 1. The van der Waals surface area contributed by atoms with E-state index in [0.29, 0.717) is 18.1 Å². The van der Waals surface area contributed by atoms with Crippen molar-refractivity contribution in [2.24, 2.45) is 0 Å². The van der Waals surface area contributed by atoms with Gasteiger partial charge in [-0.3, -0.25) is 0 Å². The summed E-state index contributed by atoms with van der Waals surface area (Å²) in [5.74, 6) is 0. The van der Waals surface area contributed by atoms with Crippen LogP contribution in [-0.2, 0) is 11.8 Å². The summed E-state index contributed by atoms with van der Waals surface area (Å²) in [6, 6.07) is 9.88. The van der Waals surface area contributed by atoms with Gasteiger partial charge in [-0.1, -0.05) is 31.2 Å². The van der Waals surface area contributed by atoms with Crippen molar-refractivity contribution in [2.75, 3.05) is 13.1 Å². The molecule has 3 atom stereocenters. The van der Waals surface area contributed by atoms with E-state index in [1.165, 1.54) is 30.4 Å². The lowest BCUT2D eigenvalue weighted by Gasteiger charge is -2.54. The minimum Gasteiger partial charge on any atom is -0.325 e. The number of carbonyl (C=O) groups excluding carboxylic acids is 1. The predicted molar refractivity (Wildman–Crippen MR) is 92.6 cm³/mol. The van der Waals surface area contributed by atoms with Crippen LogP contribution < -0.4 is 0 Å². The number of carbonyl (C=O) groups is 1. The fourth-order valence-corrected chi connectivity index (χ4v) is 5.34. The fourth-order valence-electron chi connectivity index (χ4n) is 5.34. The van der Waals surface area contributed by atoms with Gasteiger partial charge < -0.3 is 9.80 Å². The molecule has 2 bridgehead atoms. The summed E-state index contributed by atoms with van der Waals surface area (Å²) >= 11 is 0. The van der Waals surface area contributed by atoms with Gasteiger partial charge in [0.1, 0.15) is 0 Å². The molecule has 3 heteroatoms. The van der Waals surface area contributed by atoms with Crippen LogP contribution in [0, 0.1) is 0 Å². The Bertz CT molecular complexity index is 607. The molecule has 0 N–H and O–H groups in total. The molecule has 2 amide bonds. The van der Waals surface area contributed by atoms with Gasteiger partial charge in [0, 0.05) is 25.2 Å². The second kappa shape index (κ2) is 5.54. The third kappa shape index (κ3) is 2.45. The van der Waals surface area contributed by atoms with Gasteiger partial charge in [0.25, 0.3) is 0 Å². The molecule has 0 saturated carbocycles. The molecule has 1 aliphatic carbocycles. The van der Waals surface area contributed by atoms with Crippen molar-refractivity contribution >= 4 is 6.03 Å². The second-order valence-electron chi connectivity index (χ2n) is 8.07. The standard InChI is InChI=1S/C20H28N2O/c1-15-13-20(2)14-17(12-16-8-4-5-9-18(16)20)22(15)19(23)21-10-6-3-7-11-21/h4-5,8-9,15,17H,3,6-7,10-14H2,1-2H3. The van der Waals surface area contributed by atoms with Crippen molar-refractivity contribution in [1.29, 1.82) is 0 Å². The number of hydrogen-bond acceptors (Lipinski definition) is 1.